The van der Waals surface area contributed by atoms with E-state index in [4.69, 9.17) is 9.84 Å². The Bertz CT molecular complexity index is 320. The topological polar surface area (TPSA) is 87.7 Å². The van der Waals surface area contributed by atoms with Crippen LogP contribution in [-0.2, 0) is 9.53 Å². The predicted octanol–water partition coefficient (Wildman–Crippen LogP) is 1.35. The second-order valence-electron chi connectivity index (χ2n) is 5.45. The minimum Gasteiger partial charge on any atom is -0.480 e. The first-order valence-corrected chi connectivity index (χ1v) is 6.76. The van der Waals surface area contributed by atoms with Crippen molar-refractivity contribution in [3.8, 4) is 0 Å². The van der Waals surface area contributed by atoms with E-state index in [0.717, 1.165) is 19.3 Å². The summed E-state index contributed by atoms with van der Waals surface area (Å²) in [4.78, 5) is 22.9. The molecule has 1 rings (SSSR count). The molecule has 6 heteroatoms. The third-order valence-corrected chi connectivity index (χ3v) is 3.38. The number of aliphatic carboxylic acids is 1. The van der Waals surface area contributed by atoms with Crippen LogP contribution in [0.4, 0.5) is 4.79 Å². The molecule has 0 spiro atoms. The monoisotopic (exact) mass is 272 g/mol. The Morgan fingerprint density at radius 1 is 1.37 bits per heavy atom. The predicted molar refractivity (Wildman–Crippen MR) is 71.0 cm³/mol. The zero-order valence-corrected chi connectivity index (χ0v) is 11.8. The van der Waals surface area contributed by atoms with Crippen LogP contribution in [0.5, 0.6) is 0 Å². The number of ether oxygens (including phenoxy) is 1. The lowest BCUT2D eigenvalue weighted by Gasteiger charge is -2.22. The van der Waals surface area contributed by atoms with E-state index in [2.05, 4.69) is 10.6 Å². The van der Waals surface area contributed by atoms with Crippen molar-refractivity contribution in [3.05, 3.63) is 0 Å². The molecule has 0 bridgehead atoms. The van der Waals surface area contributed by atoms with Crippen LogP contribution >= 0.6 is 0 Å². The zero-order valence-electron chi connectivity index (χ0n) is 11.8. The highest BCUT2D eigenvalue weighted by molar-refractivity contribution is 5.82. The molecular formula is C13H24N2O4. The van der Waals surface area contributed by atoms with Crippen molar-refractivity contribution in [2.75, 3.05) is 7.11 Å². The maximum atomic E-state index is 11.8. The first kappa shape index (κ1) is 15.8. The van der Waals surface area contributed by atoms with E-state index in [1.165, 1.54) is 0 Å². The molecule has 3 N–H and O–H groups in total. The summed E-state index contributed by atoms with van der Waals surface area (Å²) in [6.07, 6.45) is 3.25. The minimum absolute atomic E-state index is 0.0270. The maximum absolute atomic E-state index is 11.8. The van der Waals surface area contributed by atoms with Gasteiger partial charge in [0, 0.05) is 7.11 Å². The molecule has 1 saturated carbocycles. The Hall–Kier alpha value is -1.30. The molecule has 6 nitrogen and oxygen atoms in total. The van der Waals surface area contributed by atoms with Crippen LogP contribution in [0.25, 0.3) is 0 Å². The highest BCUT2D eigenvalue weighted by atomic mass is 16.5. The van der Waals surface area contributed by atoms with Crippen molar-refractivity contribution in [3.63, 3.8) is 0 Å². The van der Waals surface area contributed by atoms with Gasteiger partial charge in [0.05, 0.1) is 12.1 Å². The molecular weight excluding hydrogens is 248 g/mol. The molecule has 1 fully saturated rings. The van der Waals surface area contributed by atoms with E-state index in [1.807, 2.05) is 13.8 Å². The number of rotatable bonds is 6. The molecule has 2 amide bonds. The van der Waals surface area contributed by atoms with Crippen molar-refractivity contribution in [1.82, 2.24) is 10.6 Å². The molecule has 19 heavy (non-hydrogen) atoms. The molecule has 0 saturated heterocycles. The van der Waals surface area contributed by atoms with E-state index in [9.17, 15) is 9.59 Å². The van der Waals surface area contributed by atoms with Gasteiger partial charge in [-0.25, -0.2) is 9.59 Å². The molecule has 0 aromatic carbocycles. The summed E-state index contributed by atoms with van der Waals surface area (Å²) in [7, 11) is 1.63. The molecule has 0 aromatic rings. The molecule has 0 aromatic heterocycles. The van der Waals surface area contributed by atoms with Gasteiger partial charge in [-0.15, -0.1) is 0 Å². The number of hydrogen-bond donors (Lipinski definition) is 3. The van der Waals surface area contributed by atoms with Gasteiger partial charge in [-0.1, -0.05) is 13.8 Å². The van der Waals surface area contributed by atoms with Gasteiger partial charge < -0.3 is 20.5 Å². The maximum Gasteiger partial charge on any atom is 0.326 e. The lowest BCUT2D eigenvalue weighted by Crippen LogP contribution is -2.51. The Labute approximate surface area is 113 Å². The zero-order chi connectivity index (χ0) is 14.4. The van der Waals surface area contributed by atoms with Crippen LogP contribution in [0.15, 0.2) is 0 Å². The van der Waals surface area contributed by atoms with Crippen LogP contribution < -0.4 is 10.6 Å². The van der Waals surface area contributed by atoms with Crippen LogP contribution in [0.2, 0.25) is 0 Å². The number of amides is 2. The number of methoxy groups -OCH3 is 1. The fourth-order valence-electron chi connectivity index (χ4n) is 2.43. The number of nitrogens with one attached hydrogen (secondary N) is 2. The second-order valence-corrected chi connectivity index (χ2v) is 5.45. The molecule has 1 aliphatic carbocycles. The summed E-state index contributed by atoms with van der Waals surface area (Å²) in [5.74, 6) is -0.793. The Morgan fingerprint density at radius 3 is 2.58 bits per heavy atom. The molecule has 0 aliphatic heterocycles. The molecule has 1 aliphatic rings. The number of urea groups is 1. The summed E-state index contributed by atoms with van der Waals surface area (Å²) in [5, 5.41) is 14.4. The third kappa shape index (κ3) is 5.06. The number of hydrogen-bond acceptors (Lipinski definition) is 3. The SMILES string of the molecule is COC1CCCC1NC(=O)N[C@@H](CC(C)C)C(=O)O. The van der Waals surface area contributed by atoms with Crippen molar-refractivity contribution in [2.24, 2.45) is 5.92 Å². The summed E-state index contributed by atoms with van der Waals surface area (Å²) in [5.41, 5.74) is 0. The van der Waals surface area contributed by atoms with Crippen LogP contribution in [-0.4, -0.2) is 42.4 Å². The Kier molecular flexibility index (Phi) is 6.08. The summed E-state index contributed by atoms with van der Waals surface area (Å²) in [6, 6.07) is -1.30. The van der Waals surface area contributed by atoms with Gasteiger partial charge in [0.1, 0.15) is 6.04 Å². The van der Waals surface area contributed by atoms with Crippen LogP contribution in [0.3, 0.4) is 0 Å². The fraction of sp³-hybridized carbons (Fsp3) is 0.846. The quantitative estimate of drug-likeness (QED) is 0.681. The minimum atomic E-state index is -1.00. The second kappa shape index (κ2) is 7.33. The smallest absolute Gasteiger partial charge is 0.326 e. The standard InChI is InChI=1S/C13H24N2O4/c1-8(2)7-10(12(16)17)15-13(18)14-9-5-4-6-11(9)19-3/h8-11H,4-7H2,1-3H3,(H,16,17)(H2,14,15,18)/t9?,10-,11?/m0/s1. The van der Waals surface area contributed by atoms with Gasteiger partial charge in [0.15, 0.2) is 0 Å². The van der Waals surface area contributed by atoms with Crippen molar-refractivity contribution in [2.45, 2.75) is 57.7 Å². The number of carboxylic acids is 1. The first-order chi connectivity index (χ1) is 8.93. The number of carbonyl (C=O) groups excluding carboxylic acids is 1. The molecule has 2 unspecified atom stereocenters. The molecule has 0 heterocycles. The fourth-order valence-corrected chi connectivity index (χ4v) is 2.43. The highest BCUT2D eigenvalue weighted by Gasteiger charge is 2.29. The van der Waals surface area contributed by atoms with Crippen molar-refractivity contribution >= 4 is 12.0 Å². The Balaban J connectivity index is 2.46. The van der Waals surface area contributed by atoms with E-state index in [1.54, 1.807) is 7.11 Å². The average Bonchev–Trinajstić information content (AvgIpc) is 2.74. The van der Waals surface area contributed by atoms with Gasteiger partial charge in [-0.05, 0) is 31.6 Å². The third-order valence-electron chi connectivity index (χ3n) is 3.38. The van der Waals surface area contributed by atoms with Gasteiger partial charge >= 0.3 is 12.0 Å². The largest absolute Gasteiger partial charge is 0.480 e. The van der Waals surface area contributed by atoms with Crippen LogP contribution in [0.1, 0.15) is 39.5 Å². The van der Waals surface area contributed by atoms with E-state index >= 15 is 0 Å². The summed E-state index contributed by atoms with van der Waals surface area (Å²) < 4.78 is 5.28. The molecule has 0 radical (unpaired) electrons. The number of carboxylic acid groups (broad SMARTS) is 1. The van der Waals surface area contributed by atoms with Gasteiger partial charge in [-0.3, -0.25) is 0 Å². The van der Waals surface area contributed by atoms with Gasteiger partial charge in [0.2, 0.25) is 0 Å². The van der Waals surface area contributed by atoms with E-state index in [-0.39, 0.29) is 18.1 Å². The highest BCUT2D eigenvalue weighted by Crippen LogP contribution is 2.21. The average molecular weight is 272 g/mol. The van der Waals surface area contributed by atoms with Crippen LogP contribution in [0, 0.1) is 5.92 Å². The number of carbonyl (C=O) groups is 2. The van der Waals surface area contributed by atoms with E-state index < -0.39 is 18.0 Å². The summed E-state index contributed by atoms with van der Waals surface area (Å²) in [6.45, 7) is 3.85. The molecule has 3 atom stereocenters. The summed E-state index contributed by atoms with van der Waals surface area (Å²) >= 11 is 0. The van der Waals surface area contributed by atoms with Crippen molar-refractivity contribution < 1.29 is 19.4 Å². The Morgan fingerprint density at radius 2 is 2.05 bits per heavy atom. The van der Waals surface area contributed by atoms with Crippen molar-refractivity contribution in [1.29, 1.82) is 0 Å². The van der Waals surface area contributed by atoms with Gasteiger partial charge in [-0.2, -0.15) is 0 Å². The lowest BCUT2D eigenvalue weighted by molar-refractivity contribution is -0.139. The van der Waals surface area contributed by atoms with E-state index in [0.29, 0.717) is 6.42 Å². The lowest BCUT2D eigenvalue weighted by atomic mass is 10.0. The van der Waals surface area contributed by atoms with Gasteiger partial charge in [0.25, 0.3) is 0 Å². The normalized spacial score (nSPS) is 24.2. The molecule has 110 valence electrons. The first-order valence-electron chi connectivity index (χ1n) is 6.76.